The molecule has 14 heteroatoms. The fraction of sp³-hybridized carbons (Fsp3) is 0.314. The van der Waals surface area contributed by atoms with Crippen molar-refractivity contribution in [2.45, 2.75) is 25.7 Å². The average Bonchev–Trinajstić information content (AvgIpc) is 3.07. The molecule has 1 aromatic heterocycles. The molecular weight excluding hydrogens is 640 g/mol. The van der Waals surface area contributed by atoms with Gasteiger partial charge in [-0.2, -0.15) is 0 Å². The van der Waals surface area contributed by atoms with Gasteiger partial charge in [0.2, 0.25) is 11.8 Å². The number of carbonyl (C=O) groups is 3. The minimum atomic E-state index is -1.32. The van der Waals surface area contributed by atoms with Gasteiger partial charge in [0.25, 0.3) is 5.91 Å². The lowest BCUT2D eigenvalue weighted by atomic mass is 9.67. The summed E-state index contributed by atoms with van der Waals surface area (Å²) in [6.07, 6.45) is 3.48. The number of halogens is 2. The molecule has 0 atom stereocenters. The van der Waals surface area contributed by atoms with Crippen LogP contribution in [-0.4, -0.2) is 67.7 Å². The molecule has 49 heavy (non-hydrogen) atoms. The summed E-state index contributed by atoms with van der Waals surface area (Å²) in [6, 6.07) is 14.3. The van der Waals surface area contributed by atoms with Gasteiger partial charge in [0.1, 0.15) is 23.6 Å². The van der Waals surface area contributed by atoms with Gasteiger partial charge in [-0.3, -0.25) is 24.4 Å². The Morgan fingerprint density at radius 2 is 1.69 bits per heavy atom. The van der Waals surface area contributed by atoms with Crippen LogP contribution in [0.2, 0.25) is 0 Å². The summed E-state index contributed by atoms with van der Waals surface area (Å²) in [4.78, 5) is 42.6. The van der Waals surface area contributed by atoms with Crippen LogP contribution in [-0.2, 0) is 19.1 Å². The number of benzene rings is 3. The highest BCUT2D eigenvalue weighted by molar-refractivity contribution is 6.15. The van der Waals surface area contributed by atoms with E-state index in [4.69, 9.17) is 18.9 Å². The van der Waals surface area contributed by atoms with Crippen molar-refractivity contribution in [3.63, 3.8) is 0 Å². The number of nitrogens with one attached hydrogen (secondary N) is 3. The number of morpholine rings is 1. The van der Waals surface area contributed by atoms with Crippen molar-refractivity contribution in [3.8, 4) is 23.0 Å². The molecule has 0 spiro atoms. The quantitative estimate of drug-likeness (QED) is 0.129. The Kier molecular flexibility index (Phi) is 10.2. The highest BCUT2D eigenvalue weighted by Crippen LogP contribution is 2.43. The van der Waals surface area contributed by atoms with Crippen LogP contribution in [0.4, 0.5) is 20.2 Å². The van der Waals surface area contributed by atoms with Gasteiger partial charge < -0.3 is 29.6 Å². The van der Waals surface area contributed by atoms with Crippen molar-refractivity contribution in [2.75, 3.05) is 50.7 Å². The Balaban J connectivity index is 1.09. The number of anilines is 2. The number of ether oxygens (including phenoxy) is 4. The van der Waals surface area contributed by atoms with Gasteiger partial charge >= 0.3 is 0 Å². The standard InChI is InChI=1S/C35H35F2N5O7/c1-46-30-19-25-27(20-31(30)48-16-3-13-39-42-15-17-47-21-32(42)43)38-14-10-28(25)49-29-9-8-24(18-26(29)37)41-34(45)35(11-2-12-35)33(44)40-23-6-4-22(36)5-7-23/h4-10,14,18-20,39H,2-3,11-13,15-17,21H2,1H3,(H,40,44)(H,41,45). The molecule has 0 bridgehead atoms. The van der Waals surface area contributed by atoms with E-state index >= 15 is 4.39 Å². The molecule has 3 aromatic carbocycles. The Morgan fingerprint density at radius 1 is 0.939 bits per heavy atom. The van der Waals surface area contributed by atoms with E-state index in [-0.39, 0.29) is 24.0 Å². The zero-order chi connectivity index (χ0) is 34.4. The number of fused-ring (bicyclic) bond motifs is 1. The third kappa shape index (κ3) is 7.55. The first kappa shape index (κ1) is 33.6. The van der Waals surface area contributed by atoms with Gasteiger partial charge in [-0.15, -0.1) is 0 Å². The van der Waals surface area contributed by atoms with Crippen LogP contribution in [0.3, 0.4) is 0 Å². The third-order valence-electron chi connectivity index (χ3n) is 8.44. The smallest absolute Gasteiger partial charge is 0.262 e. The third-order valence-corrected chi connectivity index (χ3v) is 8.44. The molecule has 1 aliphatic carbocycles. The molecule has 0 radical (unpaired) electrons. The lowest BCUT2D eigenvalue weighted by Crippen LogP contribution is -2.50. The number of hydrogen-bond donors (Lipinski definition) is 3. The summed E-state index contributed by atoms with van der Waals surface area (Å²) >= 11 is 0. The Hall–Kier alpha value is -5.34. The van der Waals surface area contributed by atoms with Crippen molar-refractivity contribution in [3.05, 3.63) is 78.5 Å². The van der Waals surface area contributed by atoms with Gasteiger partial charge in [-0.25, -0.2) is 14.2 Å². The molecule has 1 aliphatic heterocycles. The summed E-state index contributed by atoms with van der Waals surface area (Å²) < 4.78 is 51.2. The number of rotatable bonds is 13. The fourth-order valence-corrected chi connectivity index (χ4v) is 5.55. The van der Waals surface area contributed by atoms with Crippen molar-refractivity contribution < 1.29 is 42.1 Å². The van der Waals surface area contributed by atoms with Crippen LogP contribution in [0, 0.1) is 17.0 Å². The summed E-state index contributed by atoms with van der Waals surface area (Å²) in [7, 11) is 1.50. The first-order valence-corrected chi connectivity index (χ1v) is 15.8. The highest BCUT2D eigenvalue weighted by Gasteiger charge is 2.51. The highest BCUT2D eigenvalue weighted by atomic mass is 19.1. The van der Waals surface area contributed by atoms with Gasteiger partial charge in [0, 0.05) is 41.6 Å². The van der Waals surface area contributed by atoms with Crippen LogP contribution in [0.1, 0.15) is 25.7 Å². The summed E-state index contributed by atoms with van der Waals surface area (Å²) in [5.74, 6) is -1.24. The van der Waals surface area contributed by atoms with E-state index in [9.17, 15) is 18.8 Å². The van der Waals surface area contributed by atoms with E-state index in [0.29, 0.717) is 85.8 Å². The van der Waals surface area contributed by atoms with Gasteiger partial charge in [0.05, 0.1) is 32.4 Å². The second kappa shape index (κ2) is 14.8. The molecule has 1 saturated heterocycles. The number of pyridine rings is 1. The van der Waals surface area contributed by atoms with E-state index in [0.717, 1.165) is 6.07 Å². The molecule has 2 heterocycles. The molecule has 0 unspecified atom stereocenters. The van der Waals surface area contributed by atoms with Crippen LogP contribution >= 0.6 is 0 Å². The maximum atomic E-state index is 15.3. The van der Waals surface area contributed by atoms with Crippen molar-refractivity contribution in [2.24, 2.45) is 5.41 Å². The Bertz CT molecular complexity index is 1850. The van der Waals surface area contributed by atoms with Gasteiger partial charge in [-0.1, -0.05) is 6.42 Å². The predicted molar refractivity (Wildman–Crippen MR) is 175 cm³/mol. The second-order valence-corrected chi connectivity index (χ2v) is 11.6. The number of nitrogens with zero attached hydrogens (tertiary/aromatic N) is 2. The fourth-order valence-electron chi connectivity index (χ4n) is 5.55. The summed E-state index contributed by atoms with van der Waals surface area (Å²) in [5.41, 5.74) is 2.81. The predicted octanol–water partition coefficient (Wildman–Crippen LogP) is 5.19. The molecule has 3 amide bonds. The number of hydrogen-bond acceptors (Lipinski definition) is 9. The molecular formula is C35H35F2N5O7. The first-order valence-electron chi connectivity index (χ1n) is 15.8. The summed E-state index contributed by atoms with van der Waals surface area (Å²) in [5, 5.41) is 7.44. The van der Waals surface area contributed by atoms with E-state index in [2.05, 4.69) is 21.0 Å². The normalized spacial score (nSPS) is 15.3. The minimum Gasteiger partial charge on any atom is -0.493 e. The summed E-state index contributed by atoms with van der Waals surface area (Å²) in [6.45, 7) is 1.91. The van der Waals surface area contributed by atoms with Crippen LogP contribution in [0.15, 0.2) is 66.9 Å². The molecule has 4 aromatic rings. The number of methoxy groups -OCH3 is 1. The van der Waals surface area contributed by atoms with E-state index in [1.807, 2.05) is 0 Å². The number of carbonyl (C=O) groups excluding carboxylic acids is 3. The monoisotopic (exact) mass is 675 g/mol. The first-order chi connectivity index (χ1) is 23.8. The second-order valence-electron chi connectivity index (χ2n) is 11.6. The topological polar surface area (TPSA) is 140 Å². The number of amides is 3. The largest absolute Gasteiger partial charge is 0.493 e. The SMILES string of the molecule is COc1cc2c(Oc3ccc(NC(=O)C4(C(=O)Nc5ccc(F)cc5)CCC4)cc3F)ccnc2cc1OCCCNN1CCOCC1=O. The lowest BCUT2D eigenvalue weighted by Gasteiger charge is -2.38. The van der Waals surface area contributed by atoms with E-state index in [1.165, 1.54) is 49.7 Å². The van der Waals surface area contributed by atoms with E-state index in [1.54, 1.807) is 23.2 Å². The maximum Gasteiger partial charge on any atom is 0.262 e. The van der Waals surface area contributed by atoms with Crippen LogP contribution < -0.4 is 30.3 Å². The number of hydrazine groups is 1. The minimum absolute atomic E-state index is 0.0660. The lowest BCUT2D eigenvalue weighted by molar-refractivity contribution is -0.147. The zero-order valence-corrected chi connectivity index (χ0v) is 26.7. The molecule has 12 nitrogen and oxygen atoms in total. The molecule has 2 aliphatic rings. The van der Waals surface area contributed by atoms with Crippen molar-refractivity contribution in [1.82, 2.24) is 15.4 Å². The maximum absolute atomic E-state index is 15.3. The molecule has 1 saturated carbocycles. The molecule has 2 fully saturated rings. The van der Waals surface area contributed by atoms with Gasteiger partial charge in [0.15, 0.2) is 23.1 Å². The Morgan fingerprint density at radius 3 is 2.39 bits per heavy atom. The van der Waals surface area contributed by atoms with Crippen LogP contribution in [0.5, 0.6) is 23.0 Å². The average molecular weight is 676 g/mol. The van der Waals surface area contributed by atoms with Gasteiger partial charge in [-0.05, 0) is 67.8 Å². The molecule has 256 valence electrons. The number of aromatic nitrogens is 1. The van der Waals surface area contributed by atoms with Crippen molar-refractivity contribution in [1.29, 1.82) is 0 Å². The molecule has 3 N–H and O–H groups in total. The Labute approximate surface area is 280 Å². The van der Waals surface area contributed by atoms with Crippen molar-refractivity contribution >= 4 is 40.0 Å². The van der Waals surface area contributed by atoms with E-state index < -0.39 is 28.9 Å². The molecule has 6 rings (SSSR count). The van der Waals surface area contributed by atoms with Crippen LogP contribution in [0.25, 0.3) is 10.9 Å². The zero-order valence-electron chi connectivity index (χ0n) is 26.7.